The molecule has 2 rings (SSSR count). The number of hydrogen-bond donors (Lipinski definition) is 0. The highest BCUT2D eigenvalue weighted by Crippen LogP contribution is 2.26. The average Bonchev–Trinajstić information content (AvgIpc) is 2.43. The highest BCUT2D eigenvalue weighted by Gasteiger charge is 2.33. The maximum absolute atomic E-state index is 12.2. The van der Waals surface area contributed by atoms with Gasteiger partial charge < -0.3 is 9.49 Å². The number of carbonyl (C=O) groups excluding carboxylic acids is 1. The SMILES string of the molecule is [B]ON1CCC(C)(OC(=O)Cc2cc(C)ccc2C)CC1. The van der Waals surface area contributed by atoms with Crippen molar-refractivity contribution in [3.8, 4) is 0 Å². The first-order valence-electron chi connectivity index (χ1n) is 7.32. The summed E-state index contributed by atoms with van der Waals surface area (Å²) in [5.41, 5.74) is 2.88. The quantitative estimate of drug-likeness (QED) is 0.629. The molecule has 21 heavy (non-hydrogen) atoms. The second-order valence-corrected chi connectivity index (χ2v) is 6.07. The van der Waals surface area contributed by atoms with Gasteiger partial charge in [0.2, 0.25) is 0 Å². The van der Waals surface area contributed by atoms with Crippen LogP contribution in [0, 0.1) is 13.8 Å². The minimum absolute atomic E-state index is 0.173. The van der Waals surface area contributed by atoms with E-state index in [-0.39, 0.29) is 5.97 Å². The summed E-state index contributed by atoms with van der Waals surface area (Å²) in [5.74, 6) is -0.173. The zero-order chi connectivity index (χ0) is 15.5. The molecule has 1 heterocycles. The molecule has 0 N–H and O–H groups in total. The summed E-state index contributed by atoms with van der Waals surface area (Å²) in [6, 6.07) is 6.13. The highest BCUT2D eigenvalue weighted by molar-refractivity contribution is 5.97. The molecule has 0 saturated carbocycles. The Hall–Kier alpha value is -1.33. The first-order valence-corrected chi connectivity index (χ1v) is 7.32. The van der Waals surface area contributed by atoms with Gasteiger partial charge in [0.1, 0.15) is 5.60 Å². The van der Waals surface area contributed by atoms with Crippen LogP contribution in [0.1, 0.15) is 36.5 Å². The molecular weight excluding hydrogens is 265 g/mol. The van der Waals surface area contributed by atoms with Gasteiger partial charge in [0, 0.05) is 25.9 Å². The maximum atomic E-state index is 12.2. The normalized spacial score (nSPS) is 18.4. The molecule has 1 aliphatic heterocycles. The van der Waals surface area contributed by atoms with Crippen LogP contribution in [0.5, 0.6) is 0 Å². The van der Waals surface area contributed by atoms with E-state index in [1.165, 1.54) is 0 Å². The third-order valence-electron chi connectivity index (χ3n) is 4.13. The van der Waals surface area contributed by atoms with Crippen LogP contribution in [0.2, 0.25) is 0 Å². The molecule has 4 nitrogen and oxygen atoms in total. The second kappa shape index (κ2) is 6.63. The second-order valence-electron chi connectivity index (χ2n) is 6.07. The first kappa shape index (κ1) is 16.1. The number of aryl methyl sites for hydroxylation is 2. The molecule has 1 aromatic carbocycles. The third-order valence-corrected chi connectivity index (χ3v) is 4.13. The molecule has 0 aliphatic carbocycles. The number of esters is 1. The van der Waals surface area contributed by atoms with Crippen molar-refractivity contribution >= 4 is 14.0 Å². The van der Waals surface area contributed by atoms with Crippen molar-refractivity contribution in [1.82, 2.24) is 5.06 Å². The van der Waals surface area contributed by atoms with Crippen molar-refractivity contribution in [2.24, 2.45) is 0 Å². The summed E-state index contributed by atoms with van der Waals surface area (Å²) in [7, 11) is 5.14. The van der Waals surface area contributed by atoms with Gasteiger partial charge >= 0.3 is 14.0 Å². The van der Waals surface area contributed by atoms with Crippen LogP contribution in [-0.4, -0.2) is 37.8 Å². The Labute approximate surface area is 127 Å². The smallest absolute Gasteiger partial charge is 0.317 e. The van der Waals surface area contributed by atoms with Crippen LogP contribution < -0.4 is 0 Å². The van der Waals surface area contributed by atoms with E-state index in [4.69, 9.17) is 17.5 Å². The molecule has 0 amide bonds. The van der Waals surface area contributed by atoms with Gasteiger partial charge in [-0.1, -0.05) is 23.8 Å². The van der Waals surface area contributed by atoms with Crippen molar-refractivity contribution in [1.29, 1.82) is 0 Å². The van der Waals surface area contributed by atoms with Gasteiger partial charge in [-0.3, -0.25) is 4.79 Å². The van der Waals surface area contributed by atoms with Gasteiger partial charge in [-0.15, -0.1) is 0 Å². The Kier molecular flexibility index (Phi) is 5.06. The summed E-state index contributed by atoms with van der Waals surface area (Å²) in [4.78, 5) is 12.2. The van der Waals surface area contributed by atoms with E-state index in [0.717, 1.165) is 29.5 Å². The molecule has 1 aliphatic rings. The predicted octanol–water partition coefficient (Wildman–Crippen LogP) is 2.26. The van der Waals surface area contributed by atoms with Gasteiger partial charge in [-0.05, 0) is 31.9 Å². The molecule has 1 saturated heterocycles. The number of benzene rings is 1. The molecule has 0 bridgehead atoms. The largest absolute Gasteiger partial charge is 0.459 e. The average molecular weight is 287 g/mol. The van der Waals surface area contributed by atoms with E-state index in [2.05, 4.69) is 0 Å². The van der Waals surface area contributed by atoms with Crippen molar-refractivity contribution in [2.45, 2.75) is 45.6 Å². The lowest BCUT2D eigenvalue weighted by Gasteiger charge is -2.38. The Bertz CT molecular complexity index is 510. The maximum Gasteiger partial charge on any atom is 0.317 e. The van der Waals surface area contributed by atoms with Crippen LogP contribution in [0.25, 0.3) is 0 Å². The monoisotopic (exact) mass is 287 g/mol. The molecule has 0 unspecified atom stereocenters. The molecular formula is C16H22BNO3. The van der Waals surface area contributed by atoms with Crippen molar-refractivity contribution in [2.75, 3.05) is 13.1 Å². The van der Waals surface area contributed by atoms with Gasteiger partial charge in [0.05, 0.1) is 6.42 Å². The van der Waals surface area contributed by atoms with Crippen LogP contribution in [0.15, 0.2) is 18.2 Å². The van der Waals surface area contributed by atoms with E-state index in [1.54, 1.807) is 5.06 Å². The Balaban J connectivity index is 1.94. The summed E-state index contributed by atoms with van der Waals surface area (Å²) in [5, 5.41) is 1.68. The van der Waals surface area contributed by atoms with Crippen LogP contribution in [0.3, 0.4) is 0 Å². The zero-order valence-electron chi connectivity index (χ0n) is 13.0. The van der Waals surface area contributed by atoms with E-state index in [0.29, 0.717) is 19.5 Å². The van der Waals surface area contributed by atoms with Crippen LogP contribution in [0.4, 0.5) is 0 Å². The number of ether oxygens (including phenoxy) is 1. The predicted molar refractivity (Wildman–Crippen MR) is 81.8 cm³/mol. The minimum Gasteiger partial charge on any atom is -0.459 e. The lowest BCUT2D eigenvalue weighted by Crippen LogP contribution is -2.45. The summed E-state index contributed by atoms with van der Waals surface area (Å²) in [6.07, 6.45) is 1.77. The molecule has 0 aromatic heterocycles. The fourth-order valence-electron chi connectivity index (χ4n) is 2.62. The molecule has 112 valence electrons. The number of piperidine rings is 1. The number of carbonyl (C=O) groups is 1. The molecule has 1 aromatic rings. The topological polar surface area (TPSA) is 38.8 Å². The van der Waals surface area contributed by atoms with Gasteiger partial charge in [0.25, 0.3) is 0 Å². The lowest BCUT2D eigenvalue weighted by atomic mass is 9.94. The lowest BCUT2D eigenvalue weighted by molar-refractivity contribution is -0.171. The van der Waals surface area contributed by atoms with Crippen LogP contribution in [-0.2, 0) is 20.7 Å². The molecule has 2 radical (unpaired) electrons. The number of nitrogens with zero attached hydrogens (tertiary/aromatic N) is 1. The zero-order valence-corrected chi connectivity index (χ0v) is 13.0. The summed E-state index contributed by atoms with van der Waals surface area (Å²) in [6.45, 7) is 7.36. The first-order chi connectivity index (χ1) is 9.92. The molecule has 1 fully saturated rings. The Morgan fingerprint density at radius 3 is 2.62 bits per heavy atom. The summed E-state index contributed by atoms with van der Waals surface area (Å²) >= 11 is 0. The standard InChI is InChI=1S/C16H22BNO3/c1-12-4-5-13(2)14(10-12)11-15(19)20-16(3)6-8-18(21-17)9-7-16/h4-5,10H,6-9,11H2,1-3H3. The molecule has 0 atom stereocenters. The fraction of sp³-hybridized carbons (Fsp3) is 0.562. The highest BCUT2D eigenvalue weighted by atomic mass is 16.6. The van der Waals surface area contributed by atoms with Gasteiger partial charge in [0.15, 0.2) is 0 Å². The molecule has 5 heteroatoms. The van der Waals surface area contributed by atoms with E-state index in [9.17, 15) is 4.79 Å². The molecule has 0 spiro atoms. The Morgan fingerprint density at radius 2 is 2.00 bits per heavy atom. The van der Waals surface area contributed by atoms with E-state index < -0.39 is 5.60 Å². The van der Waals surface area contributed by atoms with E-state index >= 15 is 0 Å². The van der Waals surface area contributed by atoms with Crippen LogP contribution >= 0.6 is 0 Å². The van der Waals surface area contributed by atoms with Gasteiger partial charge in [-0.25, -0.2) is 5.06 Å². The fourth-order valence-corrected chi connectivity index (χ4v) is 2.62. The van der Waals surface area contributed by atoms with Crippen molar-refractivity contribution < 1.29 is 14.3 Å². The summed E-state index contributed by atoms with van der Waals surface area (Å²) < 4.78 is 10.4. The van der Waals surface area contributed by atoms with Crippen molar-refractivity contribution in [3.05, 3.63) is 34.9 Å². The van der Waals surface area contributed by atoms with Gasteiger partial charge in [-0.2, -0.15) is 0 Å². The van der Waals surface area contributed by atoms with E-state index in [1.807, 2.05) is 39.0 Å². The third kappa shape index (κ3) is 4.32. The minimum atomic E-state index is -0.427. The Morgan fingerprint density at radius 1 is 1.33 bits per heavy atom. The number of rotatable bonds is 4. The number of hydroxylamine groups is 2. The number of hydrogen-bond acceptors (Lipinski definition) is 4. The van der Waals surface area contributed by atoms with Crippen molar-refractivity contribution in [3.63, 3.8) is 0 Å².